The summed E-state index contributed by atoms with van der Waals surface area (Å²) in [4.78, 5) is 7.16. The molecule has 1 fully saturated rings. The van der Waals surface area contributed by atoms with Crippen LogP contribution in [-0.2, 0) is 6.42 Å². The van der Waals surface area contributed by atoms with Crippen molar-refractivity contribution in [2.24, 2.45) is 5.73 Å². The van der Waals surface area contributed by atoms with Crippen LogP contribution in [0.1, 0.15) is 35.2 Å². The van der Waals surface area contributed by atoms with Crippen molar-refractivity contribution in [3.05, 3.63) is 47.2 Å². The molecule has 2 aliphatic rings. The summed E-state index contributed by atoms with van der Waals surface area (Å²) in [6.07, 6.45) is 1.89. The molecule has 0 radical (unpaired) electrons. The van der Waals surface area contributed by atoms with Crippen molar-refractivity contribution in [2.45, 2.75) is 30.8 Å². The van der Waals surface area contributed by atoms with E-state index >= 15 is 0 Å². The molecule has 1 unspecified atom stereocenters. The zero-order chi connectivity index (χ0) is 19.0. The maximum Gasteiger partial charge on any atom is 0.213 e. The van der Waals surface area contributed by atoms with Gasteiger partial charge in [-0.15, -0.1) is 0 Å². The van der Waals surface area contributed by atoms with Crippen LogP contribution in [0.3, 0.4) is 0 Å². The van der Waals surface area contributed by atoms with Gasteiger partial charge >= 0.3 is 0 Å². The van der Waals surface area contributed by atoms with E-state index in [2.05, 4.69) is 28.1 Å². The predicted molar refractivity (Wildman–Crippen MR) is 104 cm³/mol. The van der Waals surface area contributed by atoms with Crippen LogP contribution in [0.2, 0.25) is 0 Å². The van der Waals surface area contributed by atoms with Gasteiger partial charge in [0.15, 0.2) is 11.5 Å². The lowest BCUT2D eigenvalue weighted by molar-refractivity contribution is 0.108. The van der Waals surface area contributed by atoms with Crippen LogP contribution >= 0.6 is 0 Å². The number of methoxy groups -OCH3 is 3. The number of aromatic nitrogens is 1. The fraction of sp³-hybridized carbons (Fsp3) is 0.476. The molecule has 6 nitrogen and oxygen atoms in total. The van der Waals surface area contributed by atoms with Gasteiger partial charge in [-0.3, -0.25) is 4.90 Å². The van der Waals surface area contributed by atoms with E-state index in [-0.39, 0.29) is 12.0 Å². The molecule has 144 valence electrons. The Morgan fingerprint density at radius 1 is 1.07 bits per heavy atom. The minimum atomic E-state index is 0.0462. The molecular formula is C21H27N3O3. The highest BCUT2D eigenvalue weighted by Gasteiger charge is 2.39. The molecule has 4 rings (SSSR count). The van der Waals surface area contributed by atoms with Gasteiger partial charge in [-0.1, -0.05) is 6.07 Å². The Balaban J connectivity index is 1.63. The van der Waals surface area contributed by atoms with Gasteiger partial charge < -0.3 is 19.9 Å². The van der Waals surface area contributed by atoms with Crippen LogP contribution in [0.4, 0.5) is 0 Å². The molecular weight excluding hydrogens is 342 g/mol. The number of nitrogens with two attached hydrogens (primary N) is 1. The van der Waals surface area contributed by atoms with Crippen molar-refractivity contribution in [2.75, 3.05) is 34.4 Å². The van der Waals surface area contributed by atoms with Crippen LogP contribution in [0.15, 0.2) is 30.3 Å². The van der Waals surface area contributed by atoms with Crippen LogP contribution < -0.4 is 19.9 Å². The summed E-state index contributed by atoms with van der Waals surface area (Å²) in [7, 11) is 5.01. The van der Waals surface area contributed by atoms with E-state index in [0.717, 1.165) is 43.1 Å². The van der Waals surface area contributed by atoms with Gasteiger partial charge in [0, 0.05) is 37.2 Å². The molecule has 0 aliphatic carbocycles. The minimum absolute atomic E-state index is 0.0462. The topological polar surface area (TPSA) is 69.8 Å². The Kier molecular flexibility index (Phi) is 4.93. The third-order valence-corrected chi connectivity index (χ3v) is 5.89. The van der Waals surface area contributed by atoms with Gasteiger partial charge in [-0.2, -0.15) is 0 Å². The molecule has 27 heavy (non-hydrogen) atoms. The van der Waals surface area contributed by atoms with Crippen molar-refractivity contribution in [3.63, 3.8) is 0 Å². The second kappa shape index (κ2) is 7.37. The van der Waals surface area contributed by atoms with Crippen molar-refractivity contribution >= 4 is 0 Å². The van der Waals surface area contributed by atoms with E-state index in [9.17, 15) is 0 Å². The van der Waals surface area contributed by atoms with Crippen LogP contribution in [0.5, 0.6) is 17.4 Å². The summed E-state index contributed by atoms with van der Waals surface area (Å²) < 4.78 is 16.3. The van der Waals surface area contributed by atoms with E-state index in [1.807, 2.05) is 12.1 Å². The average molecular weight is 369 g/mol. The number of pyridine rings is 1. The van der Waals surface area contributed by atoms with E-state index in [0.29, 0.717) is 11.9 Å². The molecule has 0 amide bonds. The van der Waals surface area contributed by atoms with Crippen molar-refractivity contribution in [1.29, 1.82) is 0 Å². The lowest BCUT2D eigenvalue weighted by Crippen LogP contribution is -2.50. The number of nitrogens with zero attached hydrogens (tertiary/aromatic N) is 2. The molecule has 0 spiro atoms. The quantitative estimate of drug-likeness (QED) is 0.893. The highest BCUT2D eigenvalue weighted by atomic mass is 16.5. The number of hydrogen-bond donors (Lipinski definition) is 1. The normalized spacial score (nSPS) is 24.7. The number of hydrogen-bond acceptors (Lipinski definition) is 6. The summed E-state index contributed by atoms with van der Waals surface area (Å²) >= 11 is 0. The highest BCUT2D eigenvalue weighted by molar-refractivity contribution is 5.49. The summed E-state index contributed by atoms with van der Waals surface area (Å²) in [5, 5.41) is 0. The molecule has 1 aromatic carbocycles. The summed E-state index contributed by atoms with van der Waals surface area (Å²) in [6.45, 7) is 1.92. The first-order chi connectivity index (χ1) is 13.1. The van der Waals surface area contributed by atoms with E-state index in [1.54, 1.807) is 21.3 Å². The average Bonchev–Trinajstić information content (AvgIpc) is 2.72. The second-order valence-corrected chi connectivity index (χ2v) is 7.28. The molecule has 0 bridgehead atoms. The standard InChI is InChI=1S/C21H27N3O3/c1-25-19-9-13-7-8-24-12-15(17-5-4-6-21(23-17)27-3)16(22)11-18(24)14(13)10-20(19)26-2/h4-6,9-10,15-16,18H,7-8,11-12,22H2,1-3H3/t15-,16-,18?/m0/s1. The Morgan fingerprint density at radius 3 is 2.59 bits per heavy atom. The number of fused-ring (bicyclic) bond motifs is 3. The molecule has 3 heterocycles. The molecule has 1 saturated heterocycles. The van der Waals surface area contributed by atoms with Gasteiger partial charge in [0.25, 0.3) is 0 Å². The zero-order valence-corrected chi connectivity index (χ0v) is 16.1. The fourth-order valence-electron chi connectivity index (χ4n) is 4.45. The van der Waals surface area contributed by atoms with E-state index in [4.69, 9.17) is 19.9 Å². The van der Waals surface area contributed by atoms with Gasteiger partial charge in [-0.05, 0) is 42.2 Å². The number of ether oxygens (including phenoxy) is 3. The molecule has 2 N–H and O–H groups in total. The zero-order valence-electron chi connectivity index (χ0n) is 16.1. The van der Waals surface area contributed by atoms with Crippen LogP contribution in [-0.4, -0.2) is 50.3 Å². The van der Waals surface area contributed by atoms with E-state index < -0.39 is 0 Å². The summed E-state index contributed by atoms with van der Waals surface area (Å²) in [5.74, 6) is 2.42. The molecule has 2 aliphatic heterocycles. The van der Waals surface area contributed by atoms with Gasteiger partial charge in [0.05, 0.1) is 27.0 Å². The highest BCUT2D eigenvalue weighted by Crippen LogP contribution is 2.44. The monoisotopic (exact) mass is 369 g/mol. The Hall–Kier alpha value is -2.31. The predicted octanol–water partition coefficient (Wildman–Crippen LogP) is 2.52. The van der Waals surface area contributed by atoms with Crippen LogP contribution in [0.25, 0.3) is 0 Å². The third-order valence-electron chi connectivity index (χ3n) is 5.89. The number of piperidine rings is 1. The Labute approximate surface area is 160 Å². The van der Waals surface area contributed by atoms with Crippen LogP contribution in [0, 0.1) is 0 Å². The first-order valence-corrected chi connectivity index (χ1v) is 9.40. The second-order valence-electron chi connectivity index (χ2n) is 7.28. The molecule has 3 atom stereocenters. The maximum atomic E-state index is 6.63. The smallest absolute Gasteiger partial charge is 0.213 e. The molecule has 1 aromatic heterocycles. The SMILES string of the molecule is COc1cccc([C@H]2CN3CCc4cc(OC)c(OC)cc4C3C[C@@H]2N)n1. The summed E-state index contributed by atoms with van der Waals surface area (Å²) in [6, 6.07) is 10.5. The number of rotatable bonds is 4. The van der Waals surface area contributed by atoms with Gasteiger partial charge in [0.2, 0.25) is 5.88 Å². The first-order valence-electron chi connectivity index (χ1n) is 9.40. The lowest BCUT2D eigenvalue weighted by Gasteiger charge is -2.46. The summed E-state index contributed by atoms with van der Waals surface area (Å²) in [5.41, 5.74) is 10.3. The number of benzene rings is 1. The minimum Gasteiger partial charge on any atom is -0.493 e. The third kappa shape index (κ3) is 3.24. The van der Waals surface area contributed by atoms with E-state index in [1.165, 1.54) is 11.1 Å². The molecule has 6 heteroatoms. The Morgan fingerprint density at radius 2 is 1.85 bits per heavy atom. The van der Waals surface area contributed by atoms with Crippen molar-refractivity contribution in [3.8, 4) is 17.4 Å². The van der Waals surface area contributed by atoms with Crippen molar-refractivity contribution < 1.29 is 14.2 Å². The first kappa shape index (κ1) is 18.1. The van der Waals surface area contributed by atoms with Gasteiger partial charge in [-0.25, -0.2) is 4.98 Å². The maximum absolute atomic E-state index is 6.63. The lowest BCUT2D eigenvalue weighted by atomic mass is 9.79. The fourth-order valence-corrected chi connectivity index (χ4v) is 4.45. The largest absolute Gasteiger partial charge is 0.493 e. The van der Waals surface area contributed by atoms with Gasteiger partial charge in [0.1, 0.15) is 0 Å². The molecule has 0 saturated carbocycles. The molecule has 2 aromatic rings. The Bertz CT molecular complexity index is 826. The van der Waals surface area contributed by atoms with Crippen molar-refractivity contribution in [1.82, 2.24) is 9.88 Å².